The van der Waals surface area contributed by atoms with Gasteiger partial charge >= 0.3 is 5.97 Å². The van der Waals surface area contributed by atoms with E-state index in [1.54, 1.807) is 50.2 Å². The number of carbonyl (C=O) groups is 2. The SMILES string of the molecule is CCN(CC)S(=O)(=O)c1cccc(NC(=O)COC(=O)c2ccc(Br)cc2)c1. The maximum Gasteiger partial charge on any atom is 0.338 e. The fourth-order valence-electron chi connectivity index (χ4n) is 2.44. The molecule has 0 saturated heterocycles. The highest BCUT2D eigenvalue weighted by molar-refractivity contribution is 9.10. The molecule has 0 bridgehead atoms. The highest BCUT2D eigenvalue weighted by Gasteiger charge is 2.22. The first-order valence-corrected chi connectivity index (χ1v) is 10.8. The molecular weight excluding hydrogens is 448 g/mol. The van der Waals surface area contributed by atoms with Gasteiger partial charge in [-0.15, -0.1) is 0 Å². The quantitative estimate of drug-likeness (QED) is 0.600. The molecule has 2 aromatic carbocycles. The Labute approximate surface area is 172 Å². The standard InChI is InChI=1S/C19H21BrN2O5S/c1-3-22(4-2)28(25,26)17-7-5-6-16(12-17)21-18(23)13-27-19(24)14-8-10-15(20)11-9-14/h5-12H,3-4,13H2,1-2H3,(H,21,23). The monoisotopic (exact) mass is 468 g/mol. The van der Waals surface area contributed by atoms with E-state index in [2.05, 4.69) is 21.2 Å². The minimum atomic E-state index is -3.63. The average Bonchev–Trinajstić information content (AvgIpc) is 2.67. The molecule has 0 aliphatic heterocycles. The van der Waals surface area contributed by atoms with Crippen LogP contribution in [0.3, 0.4) is 0 Å². The number of esters is 1. The summed E-state index contributed by atoms with van der Waals surface area (Å²) in [7, 11) is -3.63. The predicted octanol–water partition coefficient (Wildman–Crippen LogP) is 3.28. The van der Waals surface area contributed by atoms with E-state index in [1.807, 2.05) is 0 Å². The Morgan fingerprint density at radius 2 is 1.71 bits per heavy atom. The van der Waals surface area contributed by atoms with Gasteiger partial charge in [-0.05, 0) is 42.5 Å². The molecule has 0 aromatic heterocycles. The van der Waals surface area contributed by atoms with Crippen molar-refractivity contribution in [1.82, 2.24) is 4.31 Å². The number of halogens is 1. The zero-order valence-corrected chi connectivity index (χ0v) is 17.9. The second-order valence-electron chi connectivity index (χ2n) is 5.75. The van der Waals surface area contributed by atoms with Gasteiger partial charge in [0.05, 0.1) is 10.5 Å². The van der Waals surface area contributed by atoms with Gasteiger partial charge in [-0.1, -0.05) is 35.8 Å². The third-order valence-electron chi connectivity index (χ3n) is 3.88. The third-order valence-corrected chi connectivity index (χ3v) is 6.45. The number of anilines is 1. The molecule has 9 heteroatoms. The summed E-state index contributed by atoms with van der Waals surface area (Å²) in [5.41, 5.74) is 0.626. The van der Waals surface area contributed by atoms with Crippen LogP contribution in [-0.2, 0) is 19.6 Å². The van der Waals surface area contributed by atoms with E-state index in [-0.39, 0.29) is 4.90 Å². The Balaban J connectivity index is 2.01. The summed E-state index contributed by atoms with van der Waals surface area (Å²) in [5.74, 6) is -1.19. The Kier molecular flexibility index (Phi) is 7.73. The number of benzene rings is 2. The Morgan fingerprint density at radius 3 is 2.32 bits per heavy atom. The van der Waals surface area contributed by atoms with E-state index in [4.69, 9.17) is 4.74 Å². The van der Waals surface area contributed by atoms with Gasteiger partial charge in [-0.25, -0.2) is 13.2 Å². The van der Waals surface area contributed by atoms with Gasteiger partial charge in [0.1, 0.15) is 0 Å². The molecule has 28 heavy (non-hydrogen) atoms. The number of ether oxygens (including phenoxy) is 1. The summed E-state index contributed by atoms with van der Waals surface area (Å²) < 4.78 is 32.3. The number of nitrogens with zero attached hydrogens (tertiary/aromatic N) is 1. The first-order valence-electron chi connectivity index (χ1n) is 8.60. The fourth-order valence-corrected chi connectivity index (χ4v) is 4.21. The lowest BCUT2D eigenvalue weighted by atomic mass is 10.2. The van der Waals surface area contributed by atoms with Crippen LogP contribution in [0.1, 0.15) is 24.2 Å². The van der Waals surface area contributed by atoms with Gasteiger partial charge in [0.15, 0.2) is 6.61 Å². The van der Waals surface area contributed by atoms with Crippen LogP contribution in [0.25, 0.3) is 0 Å². The molecule has 7 nitrogen and oxygen atoms in total. The maximum atomic E-state index is 12.6. The predicted molar refractivity (Wildman–Crippen MR) is 110 cm³/mol. The largest absolute Gasteiger partial charge is 0.452 e. The van der Waals surface area contributed by atoms with Crippen LogP contribution in [0, 0.1) is 0 Å². The van der Waals surface area contributed by atoms with Crippen molar-refractivity contribution in [2.45, 2.75) is 18.7 Å². The summed E-state index contributed by atoms with van der Waals surface area (Å²) in [4.78, 5) is 24.1. The second kappa shape index (κ2) is 9.81. The molecule has 0 atom stereocenters. The van der Waals surface area contributed by atoms with E-state index in [1.165, 1.54) is 16.4 Å². The van der Waals surface area contributed by atoms with Crippen molar-refractivity contribution in [2.24, 2.45) is 0 Å². The van der Waals surface area contributed by atoms with Crippen molar-refractivity contribution in [3.8, 4) is 0 Å². The second-order valence-corrected chi connectivity index (χ2v) is 8.60. The van der Waals surface area contributed by atoms with Gasteiger partial charge in [0.2, 0.25) is 10.0 Å². The molecule has 0 aliphatic rings. The Bertz CT molecular complexity index is 941. The van der Waals surface area contributed by atoms with Crippen molar-refractivity contribution >= 4 is 43.5 Å². The molecule has 0 saturated carbocycles. The van der Waals surface area contributed by atoms with Crippen molar-refractivity contribution in [3.63, 3.8) is 0 Å². The smallest absolute Gasteiger partial charge is 0.338 e. The van der Waals surface area contributed by atoms with Crippen LogP contribution in [0.5, 0.6) is 0 Å². The molecule has 2 aromatic rings. The van der Waals surface area contributed by atoms with Gasteiger partial charge in [-0.3, -0.25) is 4.79 Å². The van der Waals surface area contributed by atoms with Crippen LogP contribution in [0.2, 0.25) is 0 Å². The number of nitrogens with one attached hydrogen (secondary N) is 1. The fraction of sp³-hybridized carbons (Fsp3) is 0.263. The molecule has 2 rings (SSSR count). The maximum absolute atomic E-state index is 12.6. The van der Waals surface area contributed by atoms with Crippen molar-refractivity contribution in [3.05, 3.63) is 58.6 Å². The number of rotatable bonds is 8. The van der Waals surface area contributed by atoms with E-state index in [0.29, 0.717) is 24.3 Å². The Morgan fingerprint density at radius 1 is 1.07 bits per heavy atom. The highest BCUT2D eigenvalue weighted by Crippen LogP contribution is 2.19. The molecule has 0 heterocycles. The highest BCUT2D eigenvalue weighted by atomic mass is 79.9. The zero-order valence-electron chi connectivity index (χ0n) is 15.5. The van der Waals surface area contributed by atoms with Crippen molar-refractivity contribution in [2.75, 3.05) is 25.0 Å². The molecular formula is C19H21BrN2O5S. The summed E-state index contributed by atoms with van der Waals surface area (Å²) >= 11 is 3.27. The summed E-state index contributed by atoms with van der Waals surface area (Å²) in [6.45, 7) is 3.73. The van der Waals surface area contributed by atoms with Crippen LogP contribution in [-0.4, -0.2) is 44.3 Å². The van der Waals surface area contributed by atoms with Crippen LogP contribution >= 0.6 is 15.9 Å². The van der Waals surface area contributed by atoms with E-state index >= 15 is 0 Å². The molecule has 0 aliphatic carbocycles. The summed E-state index contributed by atoms with van der Waals surface area (Å²) in [6, 6.07) is 12.5. The normalized spacial score (nSPS) is 11.3. The first-order chi connectivity index (χ1) is 13.3. The number of hydrogen-bond donors (Lipinski definition) is 1. The van der Waals surface area contributed by atoms with E-state index in [9.17, 15) is 18.0 Å². The van der Waals surface area contributed by atoms with Crippen LogP contribution in [0.4, 0.5) is 5.69 Å². The van der Waals surface area contributed by atoms with Crippen molar-refractivity contribution < 1.29 is 22.7 Å². The van der Waals surface area contributed by atoms with E-state index < -0.39 is 28.5 Å². The molecule has 0 radical (unpaired) electrons. The van der Waals surface area contributed by atoms with Crippen LogP contribution < -0.4 is 5.32 Å². The van der Waals surface area contributed by atoms with Crippen molar-refractivity contribution in [1.29, 1.82) is 0 Å². The number of amides is 1. The zero-order chi connectivity index (χ0) is 20.7. The molecule has 0 fully saturated rings. The van der Waals surface area contributed by atoms with E-state index in [0.717, 1.165) is 4.47 Å². The molecule has 1 amide bonds. The number of sulfonamides is 1. The average molecular weight is 469 g/mol. The first kappa shape index (κ1) is 22.1. The van der Waals surface area contributed by atoms with Gasteiger partial charge < -0.3 is 10.1 Å². The van der Waals surface area contributed by atoms with Gasteiger partial charge in [0, 0.05) is 23.2 Å². The molecule has 0 unspecified atom stereocenters. The lowest BCUT2D eigenvalue weighted by Gasteiger charge is -2.18. The minimum absolute atomic E-state index is 0.0841. The molecule has 1 N–H and O–H groups in total. The third kappa shape index (κ3) is 5.63. The Hall–Kier alpha value is -2.23. The summed E-state index contributed by atoms with van der Waals surface area (Å²) in [6.07, 6.45) is 0. The van der Waals surface area contributed by atoms with Gasteiger partial charge in [-0.2, -0.15) is 4.31 Å². The lowest BCUT2D eigenvalue weighted by molar-refractivity contribution is -0.119. The number of hydrogen-bond acceptors (Lipinski definition) is 5. The van der Waals surface area contributed by atoms with Gasteiger partial charge in [0.25, 0.3) is 5.91 Å². The minimum Gasteiger partial charge on any atom is -0.452 e. The molecule has 0 spiro atoms. The lowest BCUT2D eigenvalue weighted by Crippen LogP contribution is -2.30. The van der Waals surface area contributed by atoms with Crippen LogP contribution in [0.15, 0.2) is 57.9 Å². The molecule has 150 valence electrons. The summed E-state index contributed by atoms with van der Waals surface area (Å²) in [5, 5.41) is 2.54. The topological polar surface area (TPSA) is 92.8 Å². The number of carbonyl (C=O) groups excluding carboxylic acids is 2.